The van der Waals surface area contributed by atoms with Crippen LogP contribution in [0.25, 0.3) is 0 Å². The molecule has 0 radical (unpaired) electrons. The van der Waals surface area contributed by atoms with Crippen molar-refractivity contribution in [2.75, 3.05) is 31.1 Å². The fourth-order valence-corrected chi connectivity index (χ4v) is 3.71. The van der Waals surface area contributed by atoms with Gasteiger partial charge in [0.25, 0.3) is 0 Å². The van der Waals surface area contributed by atoms with Crippen LogP contribution in [0, 0.1) is 6.92 Å². The highest BCUT2D eigenvalue weighted by Gasteiger charge is 2.27. The quantitative estimate of drug-likeness (QED) is 0.913. The van der Waals surface area contributed by atoms with Gasteiger partial charge in [-0.2, -0.15) is 0 Å². The van der Waals surface area contributed by atoms with E-state index in [0.29, 0.717) is 13.1 Å². The Balaban J connectivity index is 1.34. The molecular weight excluding hydrogens is 314 g/mol. The minimum absolute atomic E-state index is 0.0419. The summed E-state index contributed by atoms with van der Waals surface area (Å²) in [6, 6.07) is 10.5. The second-order valence-corrected chi connectivity index (χ2v) is 6.68. The van der Waals surface area contributed by atoms with Gasteiger partial charge in [0.2, 0.25) is 0 Å². The Labute approximate surface area is 147 Å². The molecule has 6 nitrogen and oxygen atoms in total. The number of hydrogen-bond acceptors (Lipinski definition) is 4. The Hall–Kier alpha value is -2.63. The number of carbonyl (C=O) groups excluding carboxylic acids is 1. The first kappa shape index (κ1) is 15.9. The maximum atomic E-state index is 12.6. The van der Waals surface area contributed by atoms with E-state index in [1.54, 1.807) is 6.20 Å². The number of anilines is 1. The third-order valence-corrected chi connectivity index (χ3v) is 5.08. The standard InChI is InChI=1S/C19H23N5O/c1-14-20-9-8-18(21-14)23-10-12-24(13-11-23)19(25)22-17-7-6-15-4-2-3-5-16(15)17/h2-5,8-9,17H,6-7,10-13H2,1H3,(H,22,25)/t17-/m1/s1. The molecule has 1 atom stereocenters. The van der Waals surface area contributed by atoms with Crippen molar-refractivity contribution in [3.63, 3.8) is 0 Å². The van der Waals surface area contributed by atoms with Gasteiger partial charge in [0.1, 0.15) is 11.6 Å². The molecule has 1 fully saturated rings. The van der Waals surface area contributed by atoms with E-state index in [2.05, 4.69) is 38.4 Å². The number of amides is 2. The summed E-state index contributed by atoms with van der Waals surface area (Å²) >= 11 is 0. The molecule has 1 saturated heterocycles. The normalized spacial score (nSPS) is 19.6. The molecular formula is C19H23N5O. The number of fused-ring (bicyclic) bond motifs is 1. The predicted octanol–water partition coefficient (Wildman–Crippen LogP) is 2.30. The number of benzene rings is 1. The second-order valence-electron chi connectivity index (χ2n) is 6.68. The molecule has 1 aromatic carbocycles. The lowest BCUT2D eigenvalue weighted by molar-refractivity contribution is 0.190. The van der Waals surface area contributed by atoms with Crippen molar-refractivity contribution in [3.05, 3.63) is 53.5 Å². The molecule has 2 aliphatic rings. The summed E-state index contributed by atoms with van der Waals surface area (Å²) in [6.45, 7) is 4.91. The number of carbonyl (C=O) groups is 1. The third-order valence-electron chi connectivity index (χ3n) is 5.08. The number of nitrogens with one attached hydrogen (secondary N) is 1. The molecule has 1 N–H and O–H groups in total. The Morgan fingerprint density at radius 2 is 1.96 bits per heavy atom. The Morgan fingerprint density at radius 1 is 1.16 bits per heavy atom. The summed E-state index contributed by atoms with van der Waals surface area (Å²) in [6.07, 6.45) is 3.82. The molecule has 0 spiro atoms. The zero-order valence-corrected chi connectivity index (χ0v) is 14.5. The molecule has 2 amide bonds. The number of rotatable bonds is 2. The average molecular weight is 337 g/mol. The Morgan fingerprint density at radius 3 is 2.76 bits per heavy atom. The van der Waals surface area contributed by atoms with Crippen LogP contribution in [-0.2, 0) is 6.42 Å². The van der Waals surface area contributed by atoms with Gasteiger partial charge in [-0.25, -0.2) is 14.8 Å². The zero-order chi connectivity index (χ0) is 17.2. The predicted molar refractivity (Wildman–Crippen MR) is 96.6 cm³/mol. The molecule has 1 aliphatic carbocycles. The Bertz CT molecular complexity index is 770. The van der Waals surface area contributed by atoms with E-state index in [9.17, 15) is 4.79 Å². The van der Waals surface area contributed by atoms with Crippen LogP contribution in [0.5, 0.6) is 0 Å². The summed E-state index contributed by atoms with van der Waals surface area (Å²) in [5.41, 5.74) is 2.63. The van der Waals surface area contributed by atoms with Gasteiger partial charge < -0.3 is 15.1 Å². The summed E-state index contributed by atoms with van der Waals surface area (Å²) < 4.78 is 0. The number of aryl methyl sites for hydroxylation is 2. The van der Waals surface area contributed by atoms with Crippen LogP contribution in [0.15, 0.2) is 36.5 Å². The first-order chi connectivity index (χ1) is 12.2. The first-order valence-corrected chi connectivity index (χ1v) is 8.88. The van der Waals surface area contributed by atoms with Gasteiger partial charge in [0.05, 0.1) is 6.04 Å². The molecule has 0 unspecified atom stereocenters. The van der Waals surface area contributed by atoms with Crippen LogP contribution in [0.1, 0.15) is 29.4 Å². The fraction of sp³-hybridized carbons (Fsp3) is 0.421. The maximum absolute atomic E-state index is 12.6. The highest BCUT2D eigenvalue weighted by atomic mass is 16.2. The minimum atomic E-state index is 0.0419. The van der Waals surface area contributed by atoms with E-state index in [0.717, 1.165) is 37.6 Å². The van der Waals surface area contributed by atoms with Crippen molar-refractivity contribution >= 4 is 11.8 Å². The summed E-state index contributed by atoms with van der Waals surface area (Å²) in [5.74, 6) is 1.72. The monoisotopic (exact) mass is 337 g/mol. The van der Waals surface area contributed by atoms with E-state index in [-0.39, 0.29) is 12.1 Å². The van der Waals surface area contributed by atoms with E-state index in [1.165, 1.54) is 11.1 Å². The van der Waals surface area contributed by atoms with Gasteiger partial charge in [-0.05, 0) is 37.0 Å². The number of urea groups is 1. The number of hydrogen-bond donors (Lipinski definition) is 1. The molecule has 25 heavy (non-hydrogen) atoms. The molecule has 0 bridgehead atoms. The summed E-state index contributed by atoms with van der Waals surface area (Å²) in [4.78, 5) is 25.4. The van der Waals surface area contributed by atoms with Crippen LogP contribution in [-0.4, -0.2) is 47.1 Å². The van der Waals surface area contributed by atoms with E-state index >= 15 is 0 Å². The minimum Gasteiger partial charge on any atom is -0.353 e. The van der Waals surface area contributed by atoms with Crippen molar-refractivity contribution in [3.8, 4) is 0 Å². The van der Waals surface area contributed by atoms with Crippen LogP contribution in [0.4, 0.5) is 10.6 Å². The zero-order valence-electron chi connectivity index (χ0n) is 14.5. The van der Waals surface area contributed by atoms with Crippen LogP contribution in [0.2, 0.25) is 0 Å². The lowest BCUT2D eigenvalue weighted by atomic mass is 10.1. The summed E-state index contributed by atoms with van der Waals surface area (Å²) in [5, 5.41) is 3.21. The smallest absolute Gasteiger partial charge is 0.318 e. The van der Waals surface area contributed by atoms with Gasteiger partial charge in [-0.3, -0.25) is 0 Å². The largest absolute Gasteiger partial charge is 0.353 e. The van der Waals surface area contributed by atoms with E-state index < -0.39 is 0 Å². The second kappa shape index (κ2) is 6.70. The van der Waals surface area contributed by atoms with Gasteiger partial charge in [0, 0.05) is 32.4 Å². The van der Waals surface area contributed by atoms with Gasteiger partial charge in [0.15, 0.2) is 0 Å². The van der Waals surface area contributed by atoms with Gasteiger partial charge >= 0.3 is 6.03 Å². The number of aromatic nitrogens is 2. The van der Waals surface area contributed by atoms with Crippen LogP contribution < -0.4 is 10.2 Å². The topological polar surface area (TPSA) is 61.4 Å². The molecule has 1 aliphatic heterocycles. The molecule has 0 saturated carbocycles. The van der Waals surface area contributed by atoms with Crippen LogP contribution in [0.3, 0.4) is 0 Å². The number of piperazine rings is 1. The molecule has 6 heteroatoms. The maximum Gasteiger partial charge on any atom is 0.318 e. The van der Waals surface area contributed by atoms with E-state index in [1.807, 2.05) is 24.0 Å². The molecule has 2 heterocycles. The van der Waals surface area contributed by atoms with E-state index in [4.69, 9.17) is 0 Å². The van der Waals surface area contributed by atoms with Crippen molar-refractivity contribution < 1.29 is 4.79 Å². The van der Waals surface area contributed by atoms with Crippen molar-refractivity contribution in [1.82, 2.24) is 20.2 Å². The average Bonchev–Trinajstić information content (AvgIpc) is 3.05. The van der Waals surface area contributed by atoms with Gasteiger partial charge in [-0.15, -0.1) is 0 Å². The highest BCUT2D eigenvalue weighted by Crippen LogP contribution is 2.30. The highest BCUT2D eigenvalue weighted by molar-refractivity contribution is 5.75. The lowest BCUT2D eigenvalue weighted by Crippen LogP contribution is -2.52. The Kier molecular flexibility index (Phi) is 4.26. The summed E-state index contributed by atoms with van der Waals surface area (Å²) in [7, 11) is 0. The third kappa shape index (κ3) is 3.29. The van der Waals surface area contributed by atoms with Crippen molar-refractivity contribution in [2.24, 2.45) is 0 Å². The van der Waals surface area contributed by atoms with Crippen LogP contribution >= 0.6 is 0 Å². The molecule has 4 rings (SSSR count). The molecule has 1 aromatic heterocycles. The fourth-order valence-electron chi connectivity index (χ4n) is 3.71. The van der Waals surface area contributed by atoms with Gasteiger partial charge in [-0.1, -0.05) is 24.3 Å². The number of nitrogens with zero attached hydrogens (tertiary/aromatic N) is 4. The van der Waals surface area contributed by atoms with Crippen molar-refractivity contribution in [2.45, 2.75) is 25.8 Å². The SMILES string of the molecule is Cc1nccc(N2CCN(C(=O)N[C@@H]3CCc4ccccc43)CC2)n1. The molecule has 2 aromatic rings. The van der Waals surface area contributed by atoms with Crippen molar-refractivity contribution in [1.29, 1.82) is 0 Å². The molecule has 130 valence electrons. The first-order valence-electron chi connectivity index (χ1n) is 8.88. The lowest BCUT2D eigenvalue weighted by Gasteiger charge is -2.36.